The molecule has 5 nitrogen and oxygen atoms in total. The van der Waals surface area contributed by atoms with Crippen LogP contribution in [0.15, 0.2) is 21.9 Å². The number of aliphatic hydroxyl groups excluding tert-OH is 1. The Bertz CT molecular complexity index is 516. The zero-order valence-corrected chi connectivity index (χ0v) is 9.19. The second kappa shape index (κ2) is 4.07. The molecule has 0 aliphatic carbocycles. The van der Waals surface area contributed by atoms with E-state index in [2.05, 4.69) is 4.98 Å². The Morgan fingerprint density at radius 1 is 1.56 bits per heavy atom. The van der Waals surface area contributed by atoms with Crippen LogP contribution in [0, 0.1) is 6.92 Å². The maximum Gasteiger partial charge on any atom is 0.371 e. The minimum absolute atomic E-state index is 0.187. The van der Waals surface area contributed by atoms with Crippen molar-refractivity contribution in [3.05, 3.63) is 39.7 Å². The summed E-state index contributed by atoms with van der Waals surface area (Å²) in [5.74, 6) is -1.16. The number of rotatable bonds is 3. The van der Waals surface area contributed by atoms with E-state index in [-0.39, 0.29) is 11.5 Å². The van der Waals surface area contributed by atoms with E-state index in [1.165, 1.54) is 23.5 Å². The molecule has 0 aliphatic heterocycles. The van der Waals surface area contributed by atoms with Crippen molar-refractivity contribution in [2.45, 2.75) is 13.0 Å². The van der Waals surface area contributed by atoms with Gasteiger partial charge in [-0.2, -0.15) is 0 Å². The quantitative estimate of drug-likeness (QED) is 0.853. The maximum atomic E-state index is 10.6. The number of thiazole rings is 1. The number of carbonyl (C=O) groups is 1. The first kappa shape index (κ1) is 10.8. The first-order valence-electron chi connectivity index (χ1n) is 4.51. The second-order valence-corrected chi connectivity index (χ2v) is 4.13. The van der Waals surface area contributed by atoms with Gasteiger partial charge in [-0.05, 0) is 19.1 Å². The summed E-state index contributed by atoms with van der Waals surface area (Å²) >= 11 is 1.30. The van der Waals surface area contributed by atoms with Gasteiger partial charge in [0, 0.05) is 11.1 Å². The molecule has 2 N–H and O–H groups in total. The molecule has 1 unspecified atom stereocenters. The fourth-order valence-corrected chi connectivity index (χ4v) is 2.02. The number of hydrogen-bond acceptors (Lipinski definition) is 5. The molecule has 0 saturated carbocycles. The smallest absolute Gasteiger partial charge is 0.371 e. The van der Waals surface area contributed by atoms with Gasteiger partial charge in [-0.3, -0.25) is 0 Å². The van der Waals surface area contributed by atoms with Crippen LogP contribution in [0.3, 0.4) is 0 Å². The average molecular weight is 239 g/mol. The van der Waals surface area contributed by atoms with Crippen LogP contribution in [0.2, 0.25) is 0 Å². The normalized spacial score (nSPS) is 12.6. The molecular weight excluding hydrogens is 230 g/mol. The van der Waals surface area contributed by atoms with Gasteiger partial charge in [-0.15, -0.1) is 11.3 Å². The highest BCUT2D eigenvalue weighted by atomic mass is 32.1. The average Bonchev–Trinajstić information content (AvgIpc) is 2.84. The third-order valence-electron chi connectivity index (χ3n) is 1.98. The van der Waals surface area contributed by atoms with Gasteiger partial charge < -0.3 is 14.6 Å². The molecule has 0 amide bonds. The lowest BCUT2D eigenvalue weighted by Gasteiger charge is -2.02. The highest BCUT2D eigenvalue weighted by Gasteiger charge is 2.19. The van der Waals surface area contributed by atoms with Crippen molar-refractivity contribution in [1.82, 2.24) is 4.98 Å². The first-order valence-corrected chi connectivity index (χ1v) is 5.39. The van der Waals surface area contributed by atoms with Crippen LogP contribution in [0.25, 0.3) is 0 Å². The molecule has 2 aromatic heterocycles. The molecule has 2 rings (SSSR count). The van der Waals surface area contributed by atoms with E-state index < -0.39 is 12.1 Å². The zero-order chi connectivity index (χ0) is 11.7. The molecule has 6 heteroatoms. The van der Waals surface area contributed by atoms with Crippen molar-refractivity contribution in [3.8, 4) is 0 Å². The van der Waals surface area contributed by atoms with Crippen LogP contribution in [0.5, 0.6) is 0 Å². The molecule has 0 bridgehead atoms. The predicted octanol–water partition coefficient (Wildman–Crippen LogP) is 1.82. The fourth-order valence-electron chi connectivity index (χ4n) is 1.23. The number of carboxylic acid groups (broad SMARTS) is 1. The van der Waals surface area contributed by atoms with Crippen molar-refractivity contribution in [1.29, 1.82) is 0 Å². The lowest BCUT2D eigenvalue weighted by molar-refractivity contribution is 0.0655. The topological polar surface area (TPSA) is 83.6 Å². The van der Waals surface area contributed by atoms with E-state index in [1.54, 1.807) is 5.38 Å². The minimum Gasteiger partial charge on any atom is -0.475 e. The largest absolute Gasteiger partial charge is 0.475 e. The summed E-state index contributed by atoms with van der Waals surface area (Å²) in [6.45, 7) is 1.82. The lowest BCUT2D eigenvalue weighted by atomic mass is 10.3. The van der Waals surface area contributed by atoms with Crippen LogP contribution in [-0.4, -0.2) is 21.2 Å². The van der Waals surface area contributed by atoms with Crippen molar-refractivity contribution >= 4 is 17.3 Å². The molecular formula is C10H9NO4S. The van der Waals surface area contributed by atoms with E-state index >= 15 is 0 Å². The van der Waals surface area contributed by atoms with Gasteiger partial charge in [-0.1, -0.05) is 0 Å². The van der Waals surface area contributed by atoms with Gasteiger partial charge in [0.25, 0.3) is 0 Å². The summed E-state index contributed by atoms with van der Waals surface area (Å²) < 4.78 is 4.99. The SMILES string of the molecule is Cc1csc(C(O)c2ccc(C(=O)O)o2)n1. The molecule has 0 aliphatic rings. The van der Waals surface area contributed by atoms with E-state index in [9.17, 15) is 9.90 Å². The van der Waals surface area contributed by atoms with E-state index in [1.807, 2.05) is 6.92 Å². The molecule has 0 fully saturated rings. The van der Waals surface area contributed by atoms with Crippen molar-refractivity contribution in [2.75, 3.05) is 0 Å². The Morgan fingerprint density at radius 3 is 2.81 bits per heavy atom. The van der Waals surface area contributed by atoms with Crippen molar-refractivity contribution in [3.63, 3.8) is 0 Å². The summed E-state index contributed by atoms with van der Waals surface area (Å²) in [7, 11) is 0. The molecule has 0 aromatic carbocycles. The number of aryl methyl sites for hydroxylation is 1. The number of aromatic carboxylic acids is 1. The first-order chi connectivity index (χ1) is 7.58. The second-order valence-electron chi connectivity index (χ2n) is 3.24. The Kier molecular flexibility index (Phi) is 2.76. The number of furan rings is 1. The van der Waals surface area contributed by atoms with Gasteiger partial charge >= 0.3 is 5.97 Å². The monoisotopic (exact) mass is 239 g/mol. The Morgan fingerprint density at radius 2 is 2.31 bits per heavy atom. The lowest BCUT2D eigenvalue weighted by Crippen LogP contribution is -1.98. The zero-order valence-electron chi connectivity index (χ0n) is 8.38. The summed E-state index contributed by atoms with van der Waals surface area (Å²) in [5, 5.41) is 20.8. The molecule has 0 spiro atoms. The van der Waals surface area contributed by atoms with E-state index in [0.717, 1.165) is 5.69 Å². The van der Waals surface area contributed by atoms with Crippen LogP contribution >= 0.6 is 11.3 Å². The van der Waals surface area contributed by atoms with Crippen LogP contribution < -0.4 is 0 Å². The number of hydrogen-bond donors (Lipinski definition) is 2. The Hall–Kier alpha value is -1.66. The minimum atomic E-state index is -1.16. The molecule has 0 radical (unpaired) electrons. The Balaban J connectivity index is 2.26. The predicted molar refractivity (Wildman–Crippen MR) is 56.6 cm³/mol. The van der Waals surface area contributed by atoms with Crippen molar-refractivity contribution in [2.24, 2.45) is 0 Å². The van der Waals surface area contributed by atoms with Gasteiger partial charge in [-0.25, -0.2) is 9.78 Å². The Labute approximate surface area is 95.0 Å². The van der Waals surface area contributed by atoms with Gasteiger partial charge in [0.1, 0.15) is 10.8 Å². The number of aliphatic hydroxyl groups is 1. The molecule has 1 atom stereocenters. The molecule has 84 valence electrons. The standard InChI is InChI=1S/C10H9NO4S/c1-5-4-16-9(11-5)8(12)6-2-3-7(15-6)10(13)14/h2-4,8,12H,1H3,(H,13,14). The number of nitrogens with zero attached hydrogens (tertiary/aromatic N) is 1. The third-order valence-corrected chi connectivity index (χ3v) is 2.99. The molecule has 2 aromatic rings. The highest BCUT2D eigenvalue weighted by Crippen LogP contribution is 2.26. The fraction of sp³-hybridized carbons (Fsp3) is 0.200. The number of aromatic nitrogens is 1. The summed E-state index contributed by atoms with van der Waals surface area (Å²) in [6.07, 6.45) is -1.01. The van der Waals surface area contributed by atoms with Crippen LogP contribution in [0.4, 0.5) is 0 Å². The maximum absolute atomic E-state index is 10.6. The molecule has 0 saturated heterocycles. The number of carboxylic acids is 1. The highest BCUT2D eigenvalue weighted by molar-refractivity contribution is 7.09. The summed E-state index contributed by atoms with van der Waals surface area (Å²) in [4.78, 5) is 14.7. The van der Waals surface area contributed by atoms with Gasteiger partial charge in [0.2, 0.25) is 5.76 Å². The van der Waals surface area contributed by atoms with Crippen LogP contribution in [-0.2, 0) is 0 Å². The van der Waals surface area contributed by atoms with Crippen LogP contribution in [0.1, 0.15) is 33.1 Å². The van der Waals surface area contributed by atoms with Gasteiger partial charge in [0.15, 0.2) is 6.10 Å². The summed E-state index contributed by atoms with van der Waals surface area (Å²) in [6, 6.07) is 2.74. The molecule has 2 heterocycles. The molecule has 16 heavy (non-hydrogen) atoms. The van der Waals surface area contributed by atoms with E-state index in [4.69, 9.17) is 9.52 Å². The summed E-state index contributed by atoms with van der Waals surface area (Å²) in [5.41, 5.74) is 0.809. The van der Waals surface area contributed by atoms with E-state index in [0.29, 0.717) is 5.01 Å². The van der Waals surface area contributed by atoms with Crippen molar-refractivity contribution < 1.29 is 19.4 Å². The third kappa shape index (κ3) is 1.98. The van der Waals surface area contributed by atoms with Gasteiger partial charge in [0.05, 0.1) is 0 Å².